The Morgan fingerprint density at radius 1 is 1.53 bits per heavy atom. The maximum Gasteiger partial charge on any atom is 0.137 e. The highest BCUT2D eigenvalue weighted by Gasteiger charge is 2.08. The summed E-state index contributed by atoms with van der Waals surface area (Å²) in [5.74, 6) is 0.819. The Hall–Kier alpha value is -1.09. The number of hydrogen-bond acceptors (Lipinski definition) is 3. The van der Waals surface area contributed by atoms with E-state index in [-0.39, 0.29) is 0 Å². The first-order valence-electron chi connectivity index (χ1n) is 5.02. The lowest BCUT2D eigenvalue weighted by atomic mass is 10.2. The normalized spacial score (nSPS) is 10.1. The van der Waals surface area contributed by atoms with Gasteiger partial charge in [-0.05, 0) is 13.3 Å². The highest BCUT2D eigenvalue weighted by atomic mass is 35.5. The summed E-state index contributed by atoms with van der Waals surface area (Å²) in [5, 5.41) is 3.74. The van der Waals surface area contributed by atoms with E-state index in [0.717, 1.165) is 29.8 Å². The highest BCUT2D eigenvalue weighted by Crippen LogP contribution is 2.21. The first-order valence-corrected chi connectivity index (χ1v) is 5.40. The summed E-state index contributed by atoms with van der Waals surface area (Å²) in [6.07, 6.45) is 3.38. The number of anilines is 1. The third kappa shape index (κ3) is 3.51. The Balaban J connectivity index is 2.85. The van der Waals surface area contributed by atoms with Gasteiger partial charge >= 0.3 is 0 Å². The van der Waals surface area contributed by atoms with Crippen LogP contribution in [0, 0.1) is 0 Å². The van der Waals surface area contributed by atoms with Crippen LogP contribution in [0.1, 0.15) is 25.8 Å². The van der Waals surface area contributed by atoms with E-state index in [1.807, 2.05) is 6.92 Å². The third-order valence-corrected chi connectivity index (χ3v) is 2.28. The van der Waals surface area contributed by atoms with Gasteiger partial charge in [-0.3, -0.25) is 0 Å². The number of rotatable bonds is 5. The molecule has 0 saturated heterocycles. The standard InChI is InChI=1S/C11H16ClN3/c1-4-5-9-10(12)14-7-15-11(9)13-6-8(2)3/h7H,2,4-6H2,1,3H3,(H,13,14,15). The molecule has 0 unspecified atom stereocenters. The predicted molar refractivity (Wildman–Crippen MR) is 64.3 cm³/mol. The zero-order valence-electron chi connectivity index (χ0n) is 9.18. The van der Waals surface area contributed by atoms with Gasteiger partial charge in [0.25, 0.3) is 0 Å². The van der Waals surface area contributed by atoms with Crippen molar-refractivity contribution < 1.29 is 0 Å². The second-order valence-corrected chi connectivity index (χ2v) is 3.91. The Labute approximate surface area is 95.6 Å². The number of aromatic nitrogens is 2. The van der Waals surface area contributed by atoms with Crippen molar-refractivity contribution in [1.82, 2.24) is 9.97 Å². The molecule has 4 heteroatoms. The Bertz CT molecular complexity index is 350. The molecule has 0 amide bonds. The van der Waals surface area contributed by atoms with Gasteiger partial charge in [-0.15, -0.1) is 0 Å². The van der Waals surface area contributed by atoms with E-state index in [1.165, 1.54) is 6.33 Å². The molecular formula is C11H16ClN3. The van der Waals surface area contributed by atoms with E-state index >= 15 is 0 Å². The van der Waals surface area contributed by atoms with Crippen molar-refractivity contribution >= 4 is 17.4 Å². The average Bonchev–Trinajstić information content (AvgIpc) is 2.19. The lowest BCUT2D eigenvalue weighted by Crippen LogP contribution is -2.07. The van der Waals surface area contributed by atoms with Crippen LogP contribution in [0.4, 0.5) is 5.82 Å². The Morgan fingerprint density at radius 2 is 2.27 bits per heavy atom. The lowest BCUT2D eigenvalue weighted by Gasteiger charge is -2.10. The Morgan fingerprint density at radius 3 is 2.87 bits per heavy atom. The van der Waals surface area contributed by atoms with Crippen LogP contribution in [0.3, 0.4) is 0 Å². The van der Waals surface area contributed by atoms with E-state index < -0.39 is 0 Å². The lowest BCUT2D eigenvalue weighted by molar-refractivity contribution is 0.900. The van der Waals surface area contributed by atoms with Crippen LogP contribution in [0.5, 0.6) is 0 Å². The summed E-state index contributed by atoms with van der Waals surface area (Å²) in [6, 6.07) is 0. The van der Waals surface area contributed by atoms with E-state index in [9.17, 15) is 0 Å². The molecule has 0 bridgehead atoms. The van der Waals surface area contributed by atoms with Crippen molar-refractivity contribution in [2.24, 2.45) is 0 Å². The molecule has 0 spiro atoms. The van der Waals surface area contributed by atoms with Crippen molar-refractivity contribution in [3.63, 3.8) is 0 Å². The monoisotopic (exact) mass is 225 g/mol. The summed E-state index contributed by atoms with van der Waals surface area (Å²) in [4.78, 5) is 8.16. The SMILES string of the molecule is C=C(C)CNc1ncnc(Cl)c1CCC. The molecule has 0 aromatic carbocycles. The molecule has 0 saturated carbocycles. The molecule has 0 radical (unpaired) electrons. The molecule has 0 fully saturated rings. The zero-order valence-corrected chi connectivity index (χ0v) is 9.93. The molecule has 1 N–H and O–H groups in total. The summed E-state index contributed by atoms with van der Waals surface area (Å²) >= 11 is 6.01. The van der Waals surface area contributed by atoms with Gasteiger partial charge in [0.2, 0.25) is 0 Å². The second-order valence-electron chi connectivity index (χ2n) is 3.55. The predicted octanol–water partition coefficient (Wildman–Crippen LogP) is 3.07. The third-order valence-electron chi connectivity index (χ3n) is 1.95. The average molecular weight is 226 g/mol. The van der Waals surface area contributed by atoms with Crippen molar-refractivity contribution in [1.29, 1.82) is 0 Å². The van der Waals surface area contributed by atoms with Gasteiger partial charge in [-0.25, -0.2) is 9.97 Å². The van der Waals surface area contributed by atoms with E-state index in [0.29, 0.717) is 11.7 Å². The van der Waals surface area contributed by atoms with E-state index in [2.05, 4.69) is 28.8 Å². The van der Waals surface area contributed by atoms with E-state index in [1.54, 1.807) is 0 Å². The van der Waals surface area contributed by atoms with Crippen molar-refractivity contribution in [3.8, 4) is 0 Å². The van der Waals surface area contributed by atoms with Crippen molar-refractivity contribution in [3.05, 3.63) is 29.2 Å². The van der Waals surface area contributed by atoms with Crippen molar-refractivity contribution in [2.45, 2.75) is 26.7 Å². The van der Waals surface area contributed by atoms with Crippen LogP contribution in [0.2, 0.25) is 5.15 Å². The maximum absolute atomic E-state index is 6.01. The van der Waals surface area contributed by atoms with Crippen LogP contribution in [-0.2, 0) is 6.42 Å². The van der Waals surface area contributed by atoms with Crippen LogP contribution in [0.15, 0.2) is 18.5 Å². The van der Waals surface area contributed by atoms with Crippen LogP contribution in [-0.4, -0.2) is 16.5 Å². The van der Waals surface area contributed by atoms with Crippen LogP contribution < -0.4 is 5.32 Å². The van der Waals surface area contributed by atoms with Gasteiger partial charge in [0.1, 0.15) is 17.3 Å². The molecule has 15 heavy (non-hydrogen) atoms. The van der Waals surface area contributed by atoms with Gasteiger partial charge in [0.05, 0.1) is 0 Å². The fourth-order valence-corrected chi connectivity index (χ4v) is 1.48. The molecule has 0 aliphatic heterocycles. The van der Waals surface area contributed by atoms with Crippen LogP contribution in [0.25, 0.3) is 0 Å². The molecule has 82 valence electrons. The van der Waals surface area contributed by atoms with Crippen LogP contribution >= 0.6 is 11.6 Å². The molecule has 0 aliphatic carbocycles. The van der Waals surface area contributed by atoms with Gasteiger partial charge in [0, 0.05) is 12.1 Å². The maximum atomic E-state index is 6.01. The van der Waals surface area contributed by atoms with E-state index in [4.69, 9.17) is 11.6 Å². The van der Waals surface area contributed by atoms with Gasteiger partial charge in [-0.1, -0.05) is 37.1 Å². The van der Waals surface area contributed by atoms with Crippen molar-refractivity contribution in [2.75, 3.05) is 11.9 Å². The molecule has 3 nitrogen and oxygen atoms in total. The number of hydrogen-bond donors (Lipinski definition) is 1. The molecule has 0 atom stereocenters. The topological polar surface area (TPSA) is 37.8 Å². The number of nitrogens with one attached hydrogen (secondary N) is 1. The van der Waals surface area contributed by atoms with Gasteiger partial charge in [0.15, 0.2) is 0 Å². The minimum Gasteiger partial charge on any atom is -0.366 e. The quantitative estimate of drug-likeness (QED) is 0.618. The largest absolute Gasteiger partial charge is 0.366 e. The smallest absolute Gasteiger partial charge is 0.137 e. The van der Waals surface area contributed by atoms with Gasteiger partial charge < -0.3 is 5.32 Å². The first-order chi connectivity index (χ1) is 7.15. The number of halogens is 1. The fourth-order valence-electron chi connectivity index (χ4n) is 1.25. The van der Waals surface area contributed by atoms with Gasteiger partial charge in [-0.2, -0.15) is 0 Å². The number of nitrogens with zero attached hydrogens (tertiary/aromatic N) is 2. The molecule has 1 rings (SSSR count). The molecule has 1 heterocycles. The second kappa shape index (κ2) is 5.71. The zero-order chi connectivity index (χ0) is 11.3. The molecule has 1 aromatic heterocycles. The Kier molecular flexibility index (Phi) is 4.56. The minimum absolute atomic E-state index is 0.538. The summed E-state index contributed by atoms with van der Waals surface area (Å²) in [5.41, 5.74) is 2.05. The first kappa shape index (κ1) is 12.0. The molecule has 1 aromatic rings. The molecular weight excluding hydrogens is 210 g/mol. The summed E-state index contributed by atoms with van der Waals surface area (Å²) in [7, 11) is 0. The highest BCUT2D eigenvalue weighted by molar-refractivity contribution is 6.30. The molecule has 0 aliphatic rings. The summed E-state index contributed by atoms with van der Waals surface area (Å²) < 4.78 is 0. The minimum atomic E-state index is 0.538. The fraction of sp³-hybridized carbons (Fsp3) is 0.455. The summed E-state index contributed by atoms with van der Waals surface area (Å²) in [6.45, 7) is 8.61.